The van der Waals surface area contributed by atoms with Gasteiger partial charge in [0, 0.05) is 6.42 Å². The van der Waals surface area contributed by atoms with Crippen molar-refractivity contribution in [1.82, 2.24) is 0 Å². The fourth-order valence-corrected chi connectivity index (χ4v) is 3.45. The minimum atomic E-state index is -0.372. The van der Waals surface area contributed by atoms with Gasteiger partial charge in [-0.3, -0.25) is 0 Å². The predicted molar refractivity (Wildman–Crippen MR) is 73.9 cm³/mol. The zero-order valence-corrected chi connectivity index (χ0v) is 11.4. The second-order valence-electron chi connectivity index (χ2n) is 5.70. The quantitative estimate of drug-likeness (QED) is 0.589. The molecule has 0 saturated carbocycles. The van der Waals surface area contributed by atoms with E-state index in [9.17, 15) is 5.26 Å². The molecule has 18 heavy (non-hydrogen) atoms. The van der Waals surface area contributed by atoms with Gasteiger partial charge in [0.15, 0.2) is 0 Å². The Hall–Kier alpha value is -1.59. The van der Waals surface area contributed by atoms with Crippen LogP contribution < -0.4 is 0 Å². The van der Waals surface area contributed by atoms with Crippen LogP contribution in [0.15, 0.2) is 43.0 Å². The Labute approximate surface area is 110 Å². The van der Waals surface area contributed by atoms with Crippen LogP contribution in [-0.4, -0.2) is 30.2 Å². The Bertz CT molecular complexity index is 484. The van der Waals surface area contributed by atoms with Crippen molar-refractivity contribution in [3.63, 3.8) is 0 Å². The number of likely N-dealkylation sites (N-methyl/N-ethyl adjacent to an activating group) is 1. The highest BCUT2D eigenvalue weighted by atomic mass is 15.5. The third kappa shape index (κ3) is 1.44. The van der Waals surface area contributed by atoms with Crippen LogP contribution in [-0.2, 0) is 0 Å². The van der Waals surface area contributed by atoms with Gasteiger partial charge in [0.25, 0.3) is 0 Å². The molecule has 3 atom stereocenters. The topological polar surface area (TPSA) is 23.8 Å². The molecular formula is C16H21N2+. The highest BCUT2D eigenvalue weighted by Gasteiger charge is 2.68. The molecular weight excluding hydrogens is 220 g/mol. The van der Waals surface area contributed by atoms with Gasteiger partial charge >= 0.3 is 0 Å². The number of hydrogen-bond acceptors (Lipinski definition) is 1. The minimum absolute atomic E-state index is 0.289. The van der Waals surface area contributed by atoms with Crippen molar-refractivity contribution in [2.24, 2.45) is 0 Å². The van der Waals surface area contributed by atoms with Crippen molar-refractivity contribution in [1.29, 1.82) is 5.26 Å². The third-order valence-electron chi connectivity index (χ3n) is 4.85. The Morgan fingerprint density at radius 3 is 2.50 bits per heavy atom. The van der Waals surface area contributed by atoms with Crippen molar-refractivity contribution in [2.45, 2.75) is 30.8 Å². The summed E-state index contributed by atoms with van der Waals surface area (Å²) < 4.78 is 0.745. The Balaban J connectivity index is 2.48. The average molecular weight is 241 g/mol. The zero-order chi connectivity index (χ0) is 13.4. The van der Waals surface area contributed by atoms with E-state index in [0.29, 0.717) is 6.04 Å². The maximum absolute atomic E-state index is 9.74. The molecule has 1 aliphatic rings. The maximum Gasteiger partial charge on any atom is 0.202 e. The van der Waals surface area contributed by atoms with E-state index in [1.807, 2.05) is 12.1 Å². The van der Waals surface area contributed by atoms with Crippen molar-refractivity contribution in [3.8, 4) is 6.07 Å². The number of nitriles is 1. The molecule has 1 aromatic carbocycles. The molecule has 0 unspecified atom stereocenters. The minimum Gasteiger partial charge on any atom is -0.308 e. The molecule has 0 N–H and O–H groups in total. The molecule has 1 saturated heterocycles. The van der Waals surface area contributed by atoms with Crippen molar-refractivity contribution >= 4 is 0 Å². The van der Waals surface area contributed by atoms with E-state index in [1.165, 1.54) is 5.56 Å². The van der Waals surface area contributed by atoms with Crippen molar-refractivity contribution in [3.05, 3.63) is 48.6 Å². The summed E-state index contributed by atoms with van der Waals surface area (Å²) in [6.07, 6.45) is 2.62. The van der Waals surface area contributed by atoms with E-state index >= 15 is 0 Å². The van der Waals surface area contributed by atoms with Crippen molar-refractivity contribution < 1.29 is 4.48 Å². The molecule has 2 rings (SSSR count). The Morgan fingerprint density at radius 1 is 1.39 bits per heavy atom. The number of quaternary nitrogens is 1. The van der Waals surface area contributed by atoms with E-state index in [2.05, 4.69) is 57.9 Å². The van der Waals surface area contributed by atoms with Gasteiger partial charge in [-0.15, -0.1) is 6.58 Å². The van der Waals surface area contributed by atoms with Crippen LogP contribution in [0, 0.1) is 11.3 Å². The summed E-state index contributed by atoms with van der Waals surface area (Å²) in [5.74, 6) is 0.289. The fraction of sp³-hybridized carbons (Fsp3) is 0.438. The summed E-state index contributed by atoms with van der Waals surface area (Å²) in [7, 11) is 4.30. The molecule has 1 aliphatic heterocycles. The first-order chi connectivity index (χ1) is 8.51. The molecule has 0 aliphatic carbocycles. The third-order valence-corrected chi connectivity index (χ3v) is 4.85. The van der Waals surface area contributed by atoms with Crippen molar-refractivity contribution in [2.75, 3.05) is 14.1 Å². The lowest BCUT2D eigenvalue weighted by molar-refractivity contribution is -1.00. The monoisotopic (exact) mass is 241 g/mol. The van der Waals surface area contributed by atoms with E-state index in [4.69, 9.17) is 0 Å². The van der Waals surface area contributed by atoms with Gasteiger partial charge in [-0.2, -0.15) is 5.26 Å². The standard InChI is InChI=1S/C16H21N2/c1-5-11-16(12-17)15(13(2)18(16,3)4)14-9-7-6-8-10-14/h5-10,13,15H,1,11H2,2-4H3/q+1/t13-,15+,16+/m0/s1. The molecule has 0 bridgehead atoms. The normalized spacial score (nSPS) is 33.2. The molecule has 0 spiro atoms. The summed E-state index contributed by atoms with van der Waals surface area (Å²) in [4.78, 5) is 0. The molecule has 0 amide bonds. The van der Waals surface area contributed by atoms with Crippen LogP contribution in [0.2, 0.25) is 0 Å². The van der Waals surface area contributed by atoms with Crippen LogP contribution in [0.3, 0.4) is 0 Å². The lowest BCUT2D eigenvalue weighted by atomic mass is 9.62. The highest BCUT2D eigenvalue weighted by Crippen LogP contribution is 2.54. The molecule has 0 aromatic heterocycles. The van der Waals surface area contributed by atoms with Gasteiger partial charge in [-0.25, -0.2) is 0 Å². The lowest BCUT2D eigenvalue weighted by Crippen LogP contribution is -2.78. The molecule has 2 nitrogen and oxygen atoms in total. The zero-order valence-electron chi connectivity index (χ0n) is 11.4. The molecule has 94 valence electrons. The first kappa shape index (κ1) is 12.9. The largest absolute Gasteiger partial charge is 0.308 e. The molecule has 1 fully saturated rings. The smallest absolute Gasteiger partial charge is 0.202 e. The van der Waals surface area contributed by atoms with Gasteiger partial charge < -0.3 is 4.48 Å². The van der Waals surface area contributed by atoms with Gasteiger partial charge in [0.1, 0.15) is 18.0 Å². The fourth-order valence-electron chi connectivity index (χ4n) is 3.45. The Morgan fingerprint density at radius 2 is 2.00 bits per heavy atom. The maximum atomic E-state index is 9.74. The molecule has 1 aromatic rings. The van der Waals surface area contributed by atoms with Crippen LogP contribution >= 0.6 is 0 Å². The van der Waals surface area contributed by atoms with E-state index in [1.54, 1.807) is 0 Å². The summed E-state index contributed by atoms with van der Waals surface area (Å²) >= 11 is 0. The molecule has 2 heteroatoms. The van der Waals surface area contributed by atoms with E-state index < -0.39 is 0 Å². The van der Waals surface area contributed by atoms with Crippen LogP contribution in [0.5, 0.6) is 0 Å². The SMILES string of the molecule is C=CC[C@@]1(C#N)[C@@H](c2ccccc2)[C@H](C)[N+]1(C)C. The molecule has 1 heterocycles. The number of likely N-dealkylation sites (tertiary alicyclic amines) is 1. The molecule has 0 radical (unpaired) electrons. The summed E-state index contributed by atoms with van der Waals surface area (Å²) in [5, 5.41) is 9.74. The lowest BCUT2D eigenvalue weighted by Gasteiger charge is -2.63. The average Bonchev–Trinajstić information content (AvgIpc) is 2.38. The van der Waals surface area contributed by atoms with Gasteiger partial charge in [-0.05, 0) is 12.5 Å². The number of rotatable bonds is 3. The second-order valence-corrected chi connectivity index (χ2v) is 5.70. The predicted octanol–water partition coefficient (Wildman–Crippen LogP) is 3.09. The van der Waals surface area contributed by atoms with E-state index in [-0.39, 0.29) is 11.5 Å². The van der Waals surface area contributed by atoms with Gasteiger partial charge in [0.2, 0.25) is 5.54 Å². The number of hydrogen-bond donors (Lipinski definition) is 0. The van der Waals surface area contributed by atoms with Crippen LogP contribution in [0.4, 0.5) is 0 Å². The van der Waals surface area contributed by atoms with Gasteiger partial charge in [-0.1, -0.05) is 36.4 Å². The number of benzene rings is 1. The highest BCUT2D eigenvalue weighted by molar-refractivity contribution is 5.33. The summed E-state index contributed by atoms with van der Waals surface area (Å²) in [5.41, 5.74) is 0.897. The summed E-state index contributed by atoms with van der Waals surface area (Å²) in [6, 6.07) is 13.4. The second kappa shape index (κ2) is 4.26. The van der Waals surface area contributed by atoms with E-state index in [0.717, 1.165) is 10.9 Å². The van der Waals surface area contributed by atoms with Crippen LogP contribution in [0.1, 0.15) is 24.8 Å². The summed E-state index contributed by atoms with van der Waals surface area (Å²) in [6.45, 7) is 6.07. The Kier molecular flexibility index (Phi) is 3.04. The number of nitrogens with zero attached hydrogens (tertiary/aromatic N) is 2. The first-order valence-corrected chi connectivity index (χ1v) is 6.42. The first-order valence-electron chi connectivity index (χ1n) is 6.42. The van der Waals surface area contributed by atoms with Gasteiger partial charge in [0.05, 0.1) is 14.1 Å². The van der Waals surface area contributed by atoms with Crippen LogP contribution in [0.25, 0.3) is 0 Å².